The first-order chi connectivity index (χ1) is 14.0. The summed E-state index contributed by atoms with van der Waals surface area (Å²) in [5.74, 6) is -0.0896. The van der Waals surface area contributed by atoms with E-state index in [1.54, 1.807) is 48.5 Å². The first-order valence-corrected chi connectivity index (χ1v) is 8.81. The summed E-state index contributed by atoms with van der Waals surface area (Å²) >= 11 is 0. The molecule has 2 aromatic carbocycles. The summed E-state index contributed by atoms with van der Waals surface area (Å²) in [5, 5.41) is 17.4. The van der Waals surface area contributed by atoms with Gasteiger partial charge in [0.05, 0.1) is 12.8 Å². The van der Waals surface area contributed by atoms with E-state index in [9.17, 15) is 9.18 Å². The van der Waals surface area contributed by atoms with Gasteiger partial charge in [0.15, 0.2) is 11.6 Å². The molecule has 1 heterocycles. The van der Waals surface area contributed by atoms with E-state index in [4.69, 9.17) is 9.84 Å². The van der Waals surface area contributed by atoms with Gasteiger partial charge in [-0.05, 0) is 30.3 Å². The molecule has 3 aromatic rings. The fraction of sp³-hybridized carbons (Fsp3) is 0.150. The van der Waals surface area contributed by atoms with Crippen LogP contribution in [0.5, 0.6) is 5.75 Å². The number of aliphatic hydroxyl groups excluding tert-OH is 1. The number of nitrogens with zero attached hydrogens (tertiary/aromatic N) is 2. The lowest BCUT2D eigenvalue weighted by atomic mass is 10.2. The predicted molar refractivity (Wildman–Crippen MR) is 108 cm³/mol. The standard InChI is InChI=1S/C20H20FN5O3/c1-13(28)23-14-4-2-5-15(10-14)24-19-18(21)12-22-20(26-19)25-16-6-3-7-17(11-16)29-9-8-27/h2-7,10-12,27H,8-9H2,1H3,(H,23,28)(H2,22,24,25,26). The molecule has 8 nitrogen and oxygen atoms in total. The zero-order chi connectivity index (χ0) is 20.6. The Labute approximate surface area is 166 Å². The Morgan fingerprint density at radius 1 is 1.10 bits per heavy atom. The molecule has 3 rings (SSSR count). The number of hydrogen-bond acceptors (Lipinski definition) is 7. The monoisotopic (exact) mass is 397 g/mol. The molecule has 150 valence electrons. The quantitative estimate of drug-likeness (QED) is 0.461. The molecule has 0 aliphatic heterocycles. The number of anilines is 5. The number of halogens is 1. The van der Waals surface area contributed by atoms with Gasteiger partial charge in [0.25, 0.3) is 0 Å². The second kappa shape index (κ2) is 9.47. The molecular weight excluding hydrogens is 377 g/mol. The molecule has 0 saturated heterocycles. The van der Waals surface area contributed by atoms with Gasteiger partial charge in [-0.1, -0.05) is 12.1 Å². The highest BCUT2D eigenvalue weighted by Gasteiger charge is 2.09. The van der Waals surface area contributed by atoms with Crippen LogP contribution >= 0.6 is 0 Å². The molecule has 0 spiro atoms. The first kappa shape index (κ1) is 20.0. The average Bonchev–Trinajstić information content (AvgIpc) is 2.69. The molecule has 0 bridgehead atoms. The molecule has 1 aromatic heterocycles. The summed E-state index contributed by atoms with van der Waals surface area (Å²) in [6.45, 7) is 1.50. The molecular formula is C20H20FN5O3. The van der Waals surface area contributed by atoms with E-state index in [0.717, 1.165) is 6.20 Å². The van der Waals surface area contributed by atoms with Gasteiger partial charge in [0.1, 0.15) is 12.4 Å². The van der Waals surface area contributed by atoms with Gasteiger partial charge in [-0.2, -0.15) is 4.98 Å². The fourth-order valence-corrected chi connectivity index (χ4v) is 2.49. The average molecular weight is 397 g/mol. The van der Waals surface area contributed by atoms with E-state index >= 15 is 0 Å². The molecule has 0 unspecified atom stereocenters. The van der Waals surface area contributed by atoms with Crippen molar-refractivity contribution in [3.05, 3.63) is 60.5 Å². The molecule has 4 N–H and O–H groups in total. The fourth-order valence-electron chi connectivity index (χ4n) is 2.49. The van der Waals surface area contributed by atoms with Crippen molar-refractivity contribution in [2.24, 2.45) is 0 Å². The minimum Gasteiger partial charge on any atom is -0.491 e. The largest absolute Gasteiger partial charge is 0.491 e. The summed E-state index contributed by atoms with van der Waals surface area (Å²) in [6.07, 6.45) is 1.06. The summed E-state index contributed by atoms with van der Waals surface area (Å²) in [7, 11) is 0. The van der Waals surface area contributed by atoms with Crippen molar-refractivity contribution in [3.8, 4) is 5.75 Å². The van der Waals surface area contributed by atoms with Crippen molar-refractivity contribution in [2.75, 3.05) is 29.2 Å². The zero-order valence-corrected chi connectivity index (χ0v) is 15.6. The number of carbonyl (C=O) groups is 1. The highest BCUT2D eigenvalue weighted by atomic mass is 19.1. The van der Waals surface area contributed by atoms with Gasteiger partial charge in [-0.15, -0.1) is 0 Å². The zero-order valence-electron chi connectivity index (χ0n) is 15.6. The number of ether oxygens (including phenoxy) is 1. The molecule has 1 amide bonds. The van der Waals surface area contributed by atoms with E-state index in [-0.39, 0.29) is 30.9 Å². The summed E-state index contributed by atoms with van der Waals surface area (Å²) < 4.78 is 19.5. The Balaban J connectivity index is 1.76. The molecule has 0 fully saturated rings. The summed E-state index contributed by atoms with van der Waals surface area (Å²) in [6, 6.07) is 13.9. The first-order valence-electron chi connectivity index (χ1n) is 8.81. The molecule has 0 saturated carbocycles. The van der Waals surface area contributed by atoms with Crippen LogP contribution in [0.1, 0.15) is 6.92 Å². The SMILES string of the molecule is CC(=O)Nc1cccc(Nc2nc(Nc3cccc(OCCO)c3)ncc2F)c1. The van der Waals surface area contributed by atoms with Gasteiger partial charge < -0.3 is 25.8 Å². The number of aromatic nitrogens is 2. The number of benzene rings is 2. The second-order valence-electron chi connectivity index (χ2n) is 6.00. The Bertz CT molecular complexity index is 999. The van der Waals surface area contributed by atoms with Crippen molar-refractivity contribution < 1.29 is 19.0 Å². The molecule has 0 aliphatic carbocycles. The molecule has 9 heteroatoms. The lowest BCUT2D eigenvalue weighted by molar-refractivity contribution is -0.114. The molecule has 0 radical (unpaired) electrons. The Morgan fingerprint density at radius 2 is 1.83 bits per heavy atom. The molecule has 0 atom stereocenters. The van der Waals surface area contributed by atoms with Crippen molar-refractivity contribution in [1.29, 1.82) is 0 Å². The third-order valence-corrected chi connectivity index (χ3v) is 3.64. The van der Waals surface area contributed by atoms with Crippen LogP contribution in [0.3, 0.4) is 0 Å². The highest BCUT2D eigenvalue weighted by molar-refractivity contribution is 5.89. The van der Waals surface area contributed by atoms with Crippen molar-refractivity contribution in [3.63, 3.8) is 0 Å². The lowest BCUT2D eigenvalue weighted by Gasteiger charge is -2.11. The second-order valence-corrected chi connectivity index (χ2v) is 6.00. The van der Waals surface area contributed by atoms with Crippen molar-refractivity contribution >= 4 is 34.7 Å². The Hall–Kier alpha value is -3.72. The Morgan fingerprint density at radius 3 is 2.59 bits per heavy atom. The third-order valence-electron chi connectivity index (χ3n) is 3.64. The lowest BCUT2D eigenvalue weighted by Crippen LogP contribution is -2.06. The molecule has 0 aliphatic rings. The van der Waals surface area contributed by atoms with Crippen molar-refractivity contribution in [1.82, 2.24) is 9.97 Å². The van der Waals surface area contributed by atoms with Crippen LogP contribution in [-0.4, -0.2) is 34.2 Å². The van der Waals surface area contributed by atoms with Crippen molar-refractivity contribution in [2.45, 2.75) is 6.92 Å². The van der Waals surface area contributed by atoms with Gasteiger partial charge in [0.2, 0.25) is 11.9 Å². The molecule has 29 heavy (non-hydrogen) atoms. The van der Waals surface area contributed by atoms with Gasteiger partial charge in [0, 0.05) is 30.1 Å². The Kier molecular flexibility index (Phi) is 6.54. The maximum atomic E-state index is 14.2. The number of carbonyl (C=O) groups excluding carboxylic acids is 1. The minimum absolute atomic E-state index is 0.0184. The summed E-state index contributed by atoms with van der Waals surface area (Å²) in [4.78, 5) is 19.3. The van der Waals surface area contributed by atoms with E-state index < -0.39 is 5.82 Å². The summed E-state index contributed by atoms with van der Waals surface area (Å²) in [5.41, 5.74) is 1.78. The number of aliphatic hydroxyl groups is 1. The van der Waals surface area contributed by atoms with E-state index in [1.807, 2.05) is 0 Å². The maximum Gasteiger partial charge on any atom is 0.229 e. The number of amides is 1. The van der Waals surface area contributed by atoms with Gasteiger partial charge in [-0.3, -0.25) is 4.79 Å². The topological polar surface area (TPSA) is 108 Å². The van der Waals surface area contributed by atoms with Crippen LogP contribution < -0.4 is 20.7 Å². The normalized spacial score (nSPS) is 10.3. The van der Waals surface area contributed by atoms with Gasteiger partial charge in [-0.25, -0.2) is 9.37 Å². The third kappa shape index (κ3) is 5.88. The van der Waals surface area contributed by atoms with Crippen LogP contribution in [-0.2, 0) is 4.79 Å². The van der Waals surface area contributed by atoms with Crippen LogP contribution in [0.25, 0.3) is 0 Å². The van der Waals surface area contributed by atoms with E-state index in [2.05, 4.69) is 25.9 Å². The number of rotatable bonds is 8. The van der Waals surface area contributed by atoms with E-state index in [1.165, 1.54) is 6.92 Å². The van der Waals surface area contributed by atoms with Gasteiger partial charge >= 0.3 is 0 Å². The van der Waals surface area contributed by atoms with E-state index in [0.29, 0.717) is 22.8 Å². The smallest absolute Gasteiger partial charge is 0.229 e. The van der Waals surface area contributed by atoms with Crippen LogP contribution in [0, 0.1) is 5.82 Å². The number of nitrogens with one attached hydrogen (secondary N) is 3. The number of hydrogen-bond donors (Lipinski definition) is 4. The highest BCUT2D eigenvalue weighted by Crippen LogP contribution is 2.24. The van der Waals surface area contributed by atoms with Crippen LogP contribution in [0.15, 0.2) is 54.7 Å². The predicted octanol–water partition coefficient (Wildman–Crippen LogP) is 3.43. The van der Waals surface area contributed by atoms with Crippen LogP contribution in [0.2, 0.25) is 0 Å². The van der Waals surface area contributed by atoms with Crippen LogP contribution in [0.4, 0.5) is 33.2 Å². The maximum absolute atomic E-state index is 14.2. The minimum atomic E-state index is -0.625.